The van der Waals surface area contributed by atoms with Gasteiger partial charge in [-0.25, -0.2) is 4.39 Å². The lowest BCUT2D eigenvalue weighted by atomic mass is 10.1. The van der Waals surface area contributed by atoms with Crippen molar-refractivity contribution < 1.29 is 14.1 Å². The molecule has 0 radical (unpaired) electrons. The van der Waals surface area contributed by atoms with Crippen LogP contribution in [0.3, 0.4) is 0 Å². The van der Waals surface area contributed by atoms with E-state index in [1.807, 2.05) is 19.1 Å². The highest BCUT2D eigenvalue weighted by molar-refractivity contribution is 7.12. The minimum atomic E-state index is -0.700. The van der Waals surface area contributed by atoms with Gasteiger partial charge in [0.25, 0.3) is 11.6 Å². The van der Waals surface area contributed by atoms with Gasteiger partial charge in [-0.1, -0.05) is 0 Å². The van der Waals surface area contributed by atoms with Gasteiger partial charge in [0, 0.05) is 15.8 Å². The first-order valence-corrected chi connectivity index (χ1v) is 7.01. The number of rotatable bonds is 4. The zero-order valence-electron chi connectivity index (χ0n) is 11.4. The Morgan fingerprint density at radius 3 is 2.67 bits per heavy atom. The number of carbonyl (C=O) groups excluding carboxylic acids is 1. The number of amides is 1. The molecule has 2 rings (SSSR count). The van der Waals surface area contributed by atoms with E-state index in [1.165, 1.54) is 11.3 Å². The van der Waals surface area contributed by atoms with Crippen LogP contribution in [0.2, 0.25) is 0 Å². The molecule has 1 aromatic carbocycles. The maximum Gasteiger partial charge on any atom is 0.282 e. The lowest BCUT2D eigenvalue weighted by molar-refractivity contribution is -0.385. The Kier molecular flexibility index (Phi) is 4.32. The van der Waals surface area contributed by atoms with Crippen LogP contribution in [0.4, 0.5) is 10.1 Å². The van der Waals surface area contributed by atoms with Crippen LogP contribution in [0.1, 0.15) is 33.1 Å². The summed E-state index contributed by atoms with van der Waals surface area (Å²) in [6, 6.07) is 6.32. The molecule has 0 aliphatic carbocycles. The van der Waals surface area contributed by atoms with Crippen molar-refractivity contribution in [3.63, 3.8) is 0 Å². The second-order valence-electron chi connectivity index (χ2n) is 4.56. The number of halogens is 1. The Balaban J connectivity index is 2.24. The van der Waals surface area contributed by atoms with E-state index in [1.54, 1.807) is 6.92 Å². The molecule has 110 valence electrons. The van der Waals surface area contributed by atoms with Crippen LogP contribution in [0, 0.1) is 22.9 Å². The molecule has 1 atom stereocenters. The number of nitrogens with zero attached hydrogens (tertiary/aromatic N) is 1. The van der Waals surface area contributed by atoms with Crippen molar-refractivity contribution in [1.82, 2.24) is 5.32 Å². The Labute approximate surface area is 124 Å². The molecule has 7 heteroatoms. The van der Waals surface area contributed by atoms with Crippen molar-refractivity contribution in [3.05, 3.63) is 61.6 Å². The van der Waals surface area contributed by atoms with Crippen molar-refractivity contribution in [2.45, 2.75) is 19.9 Å². The molecule has 2 aromatic rings. The molecule has 1 N–H and O–H groups in total. The lowest BCUT2D eigenvalue weighted by Crippen LogP contribution is -2.26. The van der Waals surface area contributed by atoms with Crippen molar-refractivity contribution in [1.29, 1.82) is 0 Å². The Bertz CT molecular complexity index is 699. The van der Waals surface area contributed by atoms with Gasteiger partial charge in [-0.2, -0.15) is 0 Å². The molecule has 0 bridgehead atoms. The summed E-state index contributed by atoms with van der Waals surface area (Å²) in [5.41, 5.74) is -0.691. The number of nitro groups is 1. The smallest absolute Gasteiger partial charge is 0.282 e. The molecule has 5 nitrogen and oxygen atoms in total. The lowest BCUT2D eigenvalue weighted by Gasteiger charge is -2.12. The van der Waals surface area contributed by atoms with Crippen LogP contribution in [0.15, 0.2) is 30.3 Å². The zero-order valence-corrected chi connectivity index (χ0v) is 12.2. The van der Waals surface area contributed by atoms with Crippen LogP contribution in [0.25, 0.3) is 0 Å². The minimum Gasteiger partial charge on any atom is -0.344 e. The van der Waals surface area contributed by atoms with E-state index >= 15 is 0 Å². The van der Waals surface area contributed by atoms with Gasteiger partial charge in [0.15, 0.2) is 0 Å². The quantitative estimate of drug-likeness (QED) is 0.693. The fraction of sp³-hybridized carbons (Fsp3) is 0.214. The number of nitrogens with one attached hydrogen (secondary N) is 1. The van der Waals surface area contributed by atoms with Crippen molar-refractivity contribution in [2.24, 2.45) is 0 Å². The van der Waals surface area contributed by atoms with Gasteiger partial charge in [-0.05, 0) is 38.1 Å². The number of benzene rings is 1. The minimum absolute atomic E-state index is 0.278. The fourth-order valence-corrected chi connectivity index (χ4v) is 2.76. The van der Waals surface area contributed by atoms with Crippen LogP contribution in [0.5, 0.6) is 0 Å². The number of hydrogen-bond acceptors (Lipinski definition) is 4. The van der Waals surface area contributed by atoms with E-state index in [0.29, 0.717) is 0 Å². The number of nitro benzene ring substituents is 1. The molecule has 1 aromatic heterocycles. The molecular weight excluding hydrogens is 295 g/mol. The highest BCUT2D eigenvalue weighted by Gasteiger charge is 2.22. The Morgan fingerprint density at radius 2 is 2.10 bits per heavy atom. The monoisotopic (exact) mass is 308 g/mol. The van der Waals surface area contributed by atoms with Gasteiger partial charge in [0.1, 0.15) is 11.4 Å². The van der Waals surface area contributed by atoms with Gasteiger partial charge in [-0.3, -0.25) is 14.9 Å². The van der Waals surface area contributed by atoms with Crippen LogP contribution in [-0.4, -0.2) is 10.8 Å². The number of hydrogen-bond donors (Lipinski definition) is 1. The predicted molar refractivity (Wildman–Crippen MR) is 78.0 cm³/mol. The molecule has 0 saturated carbocycles. The SMILES string of the molecule is Cc1ccc(C(C)NC(=O)c2cc(F)ccc2[N+](=O)[O-])s1. The second kappa shape index (κ2) is 6.01. The standard InChI is InChI=1S/C14H13FN2O3S/c1-8-3-6-13(21-8)9(2)16-14(18)11-7-10(15)4-5-12(11)17(19)20/h3-7,9H,1-2H3,(H,16,18). The molecule has 1 heterocycles. The van der Waals surface area contributed by atoms with Gasteiger partial charge < -0.3 is 5.32 Å². The van der Waals surface area contributed by atoms with Crippen LogP contribution < -0.4 is 5.32 Å². The Morgan fingerprint density at radius 1 is 1.38 bits per heavy atom. The first-order valence-electron chi connectivity index (χ1n) is 6.19. The molecule has 1 unspecified atom stereocenters. The molecule has 0 saturated heterocycles. The third kappa shape index (κ3) is 3.43. The third-order valence-corrected chi connectivity index (χ3v) is 4.12. The molecule has 21 heavy (non-hydrogen) atoms. The van der Waals surface area contributed by atoms with Gasteiger partial charge >= 0.3 is 0 Å². The van der Waals surface area contributed by atoms with Gasteiger partial charge in [-0.15, -0.1) is 11.3 Å². The van der Waals surface area contributed by atoms with E-state index in [0.717, 1.165) is 28.0 Å². The van der Waals surface area contributed by atoms with Crippen molar-refractivity contribution in [2.75, 3.05) is 0 Å². The van der Waals surface area contributed by atoms with E-state index in [-0.39, 0.29) is 11.6 Å². The molecule has 0 spiro atoms. The summed E-state index contributed by atoms with van der Waals surface area (Å²) in [5, 5.41) is 13.6. The molecule has 0 aliphatic rings. The van der Waals surface area contributed by atoms with Gasteiger partial charge in [0.05, 0.1) is 11.0 Å². The van der Waals surface area contributed by atoms with E-state index in [9.17, 15) is 19.3 Å². The highest BCUT2D eigenvalue weighted by Crippen LogP contribution is 2.24. The predicted octanol–water partition coefficient (Wildman–Crippen LogP) is 3.59. The summed E-state index contributed by atoms with van der Waals surface area (Å²) in [7, 11) is 0. The number of aryl methyl sites for hydroxylation is 1. The topological polar surface area (TPSA) is 72.2 Å². The first kappa shape index (κ1) is 15.1. The van der Waals surface area contributed by atoms with Gasteiger partial charge in [0.2, 0.25) is 0 Å². The summed E-state index contributed by atoms with van der Waals surface area (Å²) in [6.45, 7) is 3.72. The third-order valence-electron chi connectivity index (χ3n) is 2.94. The summed E-state index contributed by atoms with van der Waals surface area (Å²) < 4.78 is 13.2. The van der Waals surface area contributed by atoms with Crippen LogP contribution in [-0.2, 0) is 0 Å². The van der Waals surface area contributed by atoms with E-state index in [2.05, 4.69) is 5.32 Å². The fourth-order valence-electron chi connectivity index (χ4n) is 1.88. The molecule has 0 aliphatic heterocycles. The highest BCUT2D eigenvalue weighted by atomic mass is 32.1. The summed E-state index contributed by atoms with van der Waals surface area (Å²) in [6.07, 6.45) is 0. The largest absolute Gasteiger partial charge is 0.344 e. The molecule has 0 fully saturated rings. The maximum atomic E-state index is 13.2. The summed E-state index contributed by atoms with van der Waals surface area (Å²) in [5.74, 6) is -1.36. The average molecular weight is 308 g/mol. The number of carbonyl (C=O) groups is 1. The summed E-state index contributed by atoms with van der Waals surface area (Å²) in [4.78, 5) is 24.4. The van der Waals surface area contributed by atoms with Crippen molar-refractivity contribution in [3.8, 4) is 0 Å². The van der Waals surface area contributed by atoms with E-state index in [4.69, 9.17) is 0 Å². The normalized spacial score (nSPS) is 12.0. The molecule has 1 amide bonds. The number of thiophene rings is 1. The second-order valence-corrected chi connectivity index (χ2v) is 5.88. The van der Waals surface area contributed by atoms with Crippen LogP contribution >= 0.6 is 11.3 Å². The molecular formula is C14H13FN2O3S. The van der Waals surface area contributed by atoms with E-state index < -0.39 is 22.3 Å². The maximum absolute atomic E-state index is 13.2. The zero-order chi connectivity index (χ0) is 15.6. The summed E-state index contributed by atoms with van der Waals surface area (Å²) >= 11 is 1.52. The van der Waals surface area contributed by atoms with Crippen molar-refractivity contribution >= 4 is 22.9 Å². The average Bonchev–Trinajstić information content (AvgIpc) is 2.85. The Hall–Kier alpha value is -2.28. The first-order chi connectivity index (χ1) is 9.88.